The van der Waals surface area contributed by atoms with Gasteiger partial charge in [0.05, 0.1) is 29.4 Å². The van der Waals surface area contributed by atoms with E-state index in [4.69, 9.17) is 5.26 Å². The quantitative estimate of drug-likeness (QED) is 0.678. The number of thioether (sulfide) groups is 1. The number of hydrogen-bond acceptors (Lipinski definition) is 5. The molecule has 0 spiro atoms. The van der Waals surface area contributed by atoms with Crippen LogP contribution in [-0.4, -0.2) is 25.7 Å². The molecule has 0 aliphatic rings. The van der Waals surface area contributed by atoms with Crippen LogP contribution in [0.4, 0.5) is 0 Å². The molecule has 0 aliphatic carbocycles. The number of nitriles is 1. The predicted molar refractivity (Wildman–Crippen MR) is 85.1 cm³/mol. The normalized spacial score (nSPS) is 10.3. The smallest absolute Gasteiger partial charge is 0.113 e. The highest BCUT2D eigenvalue weighted by Gasteiger charge is 2.05. The summed E-state index contributed by atoms with van der Waals surface area (Å²) in [4.78, 5) is 4.27. The largest absolute Gasteiger partial charge is 0.251 e. The van der Waals surface area contributed by atoms with E-state index in [1.54, 1.807) is 24.0 Å². The Hall–Kier alpha value is -2.65. The second kappa shape index (κ2) is 6.87. The highest BCUT2D eigenvalue weighted by Crippen LogP contribution is 2.18. The zero-order chi connectivity index (χ0) is 15.2. The molecule has 0 aliphatic heterocycles. The lowest BCUT2D eigenvalue weighted by molar-refractivity contribution is 0.632. The van der Waals surface area contributed by atoms with Gasteiger partial charge in [-0.3, -0.25) is 4.68 Å². The Bertz CT molecular complexity index is 792. The number of aromatic nitrogens is 4. The van der Waals surface area contributed by atoms with Gasteiger partial charge in [-0.1, -0.05) is 23.4 Å². The van der Waals surface area contributed by atoms with E-state index in [0.717, 1.165) is 28.6 Å². The molecule has 0 unspecified atom stereocenters. The van der Waals surface area contributed by atoms with Gasteiger partial charge in [0, 0.05) is 17.5 Å². The summed E-state index contributed by atoms with van der Waals surface area (Å²) in [6, 6.07) is 15.4. The average Bonchev–Trinajstić information content (AvgIpc) is 3.05. The number of pyridine rings is 1. The third kappa shape index (κ3) is 3.51. The fourth-order valence-corrected chi connectivity index (χ4v) is 2.76. The van der Waals surface area contributed by atoms with Crippen LogP contribution in [-0.2, 0) is 6.54 Å². The van der Waals surface area contributed by atoms with E-state index < -0.39 is 0 Å². The zero-order valence-electron chi connectivity index (χ0n) is 11.8. The van der Waals surface area contributed by atoms with Crippen molar-refractivity contribution in [1.82, 2.24) is 20.0 Å². The summed E-state index contributed by atoms with van der Waals surface area (Å²) in [5, 5.41) is 18.2. The van der Waals surface area contributed by atoms with E-state index in [1.165, 1.54) is 0 Å². The Kier molecular flexibility index (Phi) is 4.47. The molecule has 108 valence electrons. The van der Waals surface area contributed by atoms with Crippen LogP contribution in [0.5, 0.6) is 0 Å². The summed E-state index contributed by atoms with van der Waals surface area (Å²) < 4.78 is 1.81. The molecule has 0 fully saturated rings. The van der Waals surface area contributed by atoms with E-state index in [2.05, 4.69) is 21.4 Å². The van der Waals surface area contributed by atoms with E-state index in [9.17, 15) is 0 Å². The second-order valence-corrected chi connectivity index (χ2v) is 5.69. The molecule has 2 aromatic heterocycles. The van der Waals surface area contributed by atoms with Crippen LogP contribution < -0.4 is 0 Å². The lowest BCUT2D eigenvalue weighted by atomic mass is 10.1. The van der Waals surface area contributed by atoms with Crippen molar-refractivity contribution in [3.8, 4) is 17.3 Å². The molecule has 3 rings (SSSR count). The van der Waals surface area contributed by atoms with Crippen LogP contribution >= 0.6 is 11.8 Å². The highest BCUT2D eigenvalue weighted by molar-refractivity contribution is 7.99. The van der Waals surface area contributed by atoms with Gasteiger partial charge < -0.3 is 0 Å². The first-order valence-corrected chi connectivity index (χ1v) is 7.78. The van der Waals surface area contributed by atoms with E-state index in [0.29, 0.717) is 5.56 Å². The molecule has 1 aromatic carbocycles. The molecule has 6 heteroatoms. The molecule has 0 saturated carbocycles. The summed E-state index contributed by atoms with van der Waals surface area (Å²) in [5.41, 5.74) is 2.31. The lowest BCUT2D eigenvalue weighted by Crippen LogP contribution is -2.01. The van der Waals surface area contributed by atoms with Crippen molar-refractivity contribution in [2.24, 2.45) is 0 Å². The summed E-state index contributed by atoms with van der Waals surface area (Å²) in [5.74, 6) is 0.873. The summed E-state index contributed by atoms with van der Waals surface area (Å²) in [6.45, 7) is 0.756. The fourth-order valence-electron chi connectivity index (χ4n) is 1.96. The summed E-state index contributed by atoms with van der Waals surface area (Å²) in [7, 11) is 0. The van der Waals surface area contributed by atoms with Gasteiger partial charge in [0.15, 0.2) is 0 Å². The molecule has 0 bridgehead atoms. The van der Waals surface area contributed by atoms with Gasteiger partial charge in [0.25, 0.3) is 0 Å². The Balaban J connectivity index is 1.63. The molecular weight excluding hydrogens is 294 g/mol. The highest BCUT2D eigenvalue weighted by atomic mass is 32.2. The third-order valence-corrected chi connectivity index (χ3v) is 3.96. The molecule has 5 nitrogen and oxygen atoms in total. The van der Waals surface area contributed by atoms with Crippen molar-refractivity contribution in [3.63, 3.8) is 0 Å². The molecule has 0 radical (unpaired) electrons. The summed E-state index contributed by atoms with van der Waals surface area (Å²) >= 11 is 1.68. The van der Waals surface area contributed by atoms with Gasteiger partial charge in [-0.2, -0.15) is 5.26 Å². The van der Waals surface area contributed by atoms with Gasteiger partial charge in [-0.05, 0) is 24.3 Å². The predicted octanol–water partition coefficient (Wildman–Crippen LogP) is 3.00. The Morgan fingerprint density at radius 2 is 2.14 bits per heavy atom. The Morgan fingerprint density at radius 1 is 1.18 bits per heavy atom. The van der Waals surface area contributed by atoms with Crippen LogP contribution in [0.15, 0.2) is 59.9 Å². The monoisotopic (exact) mass is 307 g/mol. The van der Waals surface area contributed by atoms with Gasteiger partial charge in [-0.15, -0.1) is 16.9 Å². The SMILES string of the molecule is N#Cc1cccc(-c2cn(CCSc3ccccn3)nn2)c1. The minimum atomic E-state index is 0.623. The first-order chi connectivity index (χ1) is 10.8. The van der Waals surface area contributed by atoms with Crippen molar-refractivity contribution >= 4 is 11.8 Å². The summed E-state index contributed by atoms with van der Waals surface area (Å²) in [6.07, 6.45) is 3.69. The third-order valence-electron chi connectivity index (χ3n) is 3.03. The van der Waals surface area contributed by atoms with Crippen molar-refractivity contribution in [3.05, 3.63) is 60.4 Å². The lowest BCUT2D eigenvalue weighted by Gasteiger charge is -2.00. The molecule has 22 heavy (non-hydrogen) atoms. The van der Waals surface area contributed by atoms with Gasteiger partial charge in [0.1, 0.15) is 5.69 Å². The Labute approximate surface area is 132 Å². The first kappa shape index (κ1) is 14.3. The zero-order valence-corrected chi connectivity index (χ0v) is 12.6. The number of rotatable bonds is 5. The van der Waals surface area contributed by atoms with Crippen molar-refractivity contribution < 1.29 is 0 Å². The number of benzene rings is 1. The van der Waals surface area contributed by atoms with Crippen LogP contribution in [0.1, 0.15) is 5.56 Å². The van der Waals surface area contributed by atoms with Crippen LogP contribution in [0, 0.1) is 11.3 Å². The molecular formula is C16H13N5S. The van der Waals surface area contributed by atoms with Crippen LogP contribution in [0.3, 0.4) is 0 Å². The Morgan fingerprint density at radius 3 is 2.95 bits per heavy atom. The fraction of sp³-hybridized carbons (Fsp3) is 0.125. The molecule has 3 aromatic rings. The average molecular weight is 307 g/mol. The van der Waals surface area contributed by atoms with Gasteiger partial charge in [0.2, 0.25) is 0 Å². The standard InChI is InChI=1S/C16H13N5S/c17-11-13-4-3-5-14(10-13)15-12-21(20-19-15)8-9-22-16-6-1-2-7-18-16/h1-7,10,12H,8-9H2. The van der Waals surface area contributed by atoms with Crippen molar-refractivity contribution in [1.29, 1.82) is 5.26 Å². The van der Waals surface area contributed by atoms with Crippen molar-refractivity contribution in [2.45, 2.75) is 11.6 Å². The minimum absolute atomic E-state index is 0.623. The molecule has 0 saturated heterocycles. The number of aryl methyl sites for hydroxylation is 1. The maximum atomic E-state index is 8.94. The van der Waals surface area contributed by atoms with E-state index in [-0.39, 0.29) is 0 Å². The maximum absolute atomic E-state index is 8.94. The van der Waals surface area contributed by atoms with E-state index in [1.807, 2.05) is 47.3 Å². The maximum Gasteiger partial charge on any atom is 0.113 e. The van der Waals surface area contributed by atoms with Gasteiger partial charge in [-0.25, -0.2) is 4.98 Å². The second-order valence-electron chi connectivity index (χ2n) is 4.58. The molecule has 0 atom stereocenters. The van der Waals surface area contributed by atoms with Crippen LogP contribution in [0.2, 0.25) is 0 Å². The number of hydrogen-bond donors (Lipinski definition) is 0. The first-order valence-electron chi connectivity index (χ1n) is 6.79. The molecule has 0 N–H and O–H groups in total. The minimum Gasteiger partial charge on any atom is -0.251 e. The number of nitrogens with zero attached hydrogens (tertiary/aromatic N) is 5. The molecule has 2 heterocycles. The van der Waals surface area contributed by atoms with Gasteiger partial charge >= 0.3 is 0 Å². The topological polar surface area (TPSA) is 67.4 Å². The van der Waals surface area contributed by atoms with E-state index >= 15 is 0 Å². The molecule has 0 amide bonds. The van der Waals surface area contributed by atoms with Crippen LogP contribution in [0.25, 0.3) is 11.3 Å². The van der Waals surface area contributed by atoms with Crippen molar-refractivity contribution in [2.75, 3.05) is 5.75 Å².